The molecule has 0 aromatic heterocycles. The Morgan fingerprint density at radius 2 is 1.78 bits per heavy atom. The average Bonchev–Trinajstić information content (AvgIpc) is 2.47. The molecule has 1 saturated heterocycles. The Balaban J connectivity index is 2.22. The summed E-state index contributed by atoms with van der Waals surface area (Å²) in [7, 11) is 3.19. The first-order valence-electron chi connectivity index (χ1n) is 6.03. The third-order valence-corrected chi connectivity index (χ3v) is 3.46. The lowest BCUT2D eigenvalue weighted by Gasteiger charge is -2.34. The van der Waals surface area contributed by atoms with E-state index in [0.29, 0.717) is 31.6 Å². The van der Waals surface area contributed by atoms with Crippen molar-refractivity contribution in [1.29, 1.82) is 0 Å². The Morgan fingerprint density at radius 1 is 1.17 bits per heavy atom. The molecule has 18 heavy (non-hydrogen) atoms. The van der Waals surface area contributed by atoms with Gasteiger partial charge in [-0.2, -0.15) is 0 Å². The van der Waals surface area contributed by atoms with E-state index in [0.717, 1.165) is 5.75 Å². The summed E-state index contributed by atoms with van der Waals surface area (Å²) in [6.45, 7) is 1.13. The van der Waals surface area contributed by atoms with E-state index in [-0.39, 0.29) is 5.78 Å². The summed E-state index contributed by atoms with van der Waals surface area (Å²) >= 11 is 0. The molecule has 4 nitrogen and oxygen atoms in total. The van der Waals surface area contributed by atoms with E-state index in [4.69, 9.17) is 14.2 Å². The molecule has 0 atom stereocenters. The van der Waals surface area contributed by atoms with Crippen LogP contribution < -0.4 is 4.74 Å². The minimum absolute atomic E-state index is 0.0240. The first-order chi connectivity index (χ1) is 8.72. The number of Topliss-reactive ketones (excluding diaryl/α,β-unsaturated/α-hetero) is 1. The van der Waals surface area contributed by atoms with Crippen LogP contribution in [0.15, 0.2) is 24.3 Å². The van der Waals surface area contributed by atoms with Crippen LogP contribution in [0.1, 0.15) is 23.2 Å². The lowest BCUT2D eigenvalue weighted by Crippen LogP contribution is -2.45. The zero-order valence-electron chi connectivity index (χ0n) is 10.8. The van der Waals surface area contributed by atoms with E-state index in [1.807, 2.05) is 0 Å². The molecule has 98 valence electrons. The maximum absolute atomic E-state index is 12.5. The quantitative estimate of drug-likeness (QED) is 0.767. The summed E-state index contributed by atoms with van der Waals surface area (Å²) in [5.41, 5.74) is -0.0770. The summed E-state index contributed by atoms with van der Waals surface area (Å²) in [6.07, 6.45) is 1.21. The van der Waals surface area contributed by atoms with Gasteiger partial charge < -0.3 is 14.2 Å². The van der Waals surface area contributed by atoms with Crippen molar-refractivity contribution in [3.05, 3.63) is 29.8 Å². The van der Waals surface area contributed by atoms with Crippen LogP contribution >= 0.6 is 0 Å². The first-order valence-corrected chi connectivity index (χ1v) is 6.03. The number of benzene rings is 1. The molecule has 0 radical (unpaired) electrons. The lowest BCUT2D eigenvalue weighted by molar-refractivity contribution is -0.0663. The number of carbonyl (C=O) groups excluding carboxylic acids is 1. The third kappa shape index (κ3) is 2.40. The standard InChI is InChI=1S/C14H18O4/c1-16-12-5-3-11(4-6-12)13(15)14(17-2)7-9-18-10-8-14/h3-6H,7-10H2,1-2H3. The van der Waals surface area contributed by atoms with E-state index < -0.39 is 5.60 Å². The topological polar surface area (TPSA) is 44.8 Å². The number of ketones is 1. The average molecular weight is 250 g/mol. The largest absolute Gasteiger partial charge is 0.497 e. The molecule has 1 aliphatic rings. The first kappa shape index (κ1) is 13.1. The smallest absolute Gasteiger partial charge is 0.194 e. The monoisotopic (exact) mass is 250 g/mol. The third-order valence-electron chi connectivity index (χ3n) is 3.46. The number of rotatable bonds is 4. The Bertz CT molecular complexity index is 404. The molecule has 1 fully saturated rings. The van der Waals surface area contributed by atoms with Gasteiger partial charge in [0, 0.05) is 38.7 Å². The van der Waals surface area contributed by atoms with Crippen LogP contribution in [-0.2, 0) is 9.47 Å². The molecule has 0 saturated carbocycles. The molecule has 0 aliphatic carbocycles. The molecular formula is C14H18O4. The van der Waals surface area contributed by atoms with Crippen LogP contribution in [0.2, 0.25) is 0 Å². The van der Waals surface area contributed by atoms with Crippen LogP contribution in [-0.4, -0.2) is 38.8 Å². The molecule has 2 rings (SSSR count). The summed E-state index contributed by atoms with van der Waals surface area (Å²) < 4.78 is 15.9. The van der Waals surface area contributed by atoms with Gasteiger partial charge in [-0.25, -0.2) is 0 Å². The van der Waals surface area contributed by atoms with Crippen molar-refractivity contribution < 1.29 is 19.0 Å². The Labute approximate surface area is 107 Å². The number of methoxy groups -OCH3 is 2. The highest BCUT2D eigenvalue weighted by Crippen LogP contribution is 2.29. The minimum atomic E-state index is -0.729. The van der Waals surface area contributed by atoms with Crippen molar-refractivity contribution in [1.82, 2.24) is 0 Å². The fourth-order valence-electron chi connectivity index (χ4n) is 2.23. The Morgan fingerprint density at radius 3 is 2.28 bits per heavy atom. The van der Waals surface area contributed by atoms with Gasteiger partial charge in [-0.15, -0.1) is 0 Å². The molecule has 0 unspecified atom stereocenters. The molecule has 0 spiro atoms. The van der Waals surface area contributed by atoms with Crippen LogP contribution in [0.3, 0.4) is 0 Å². The second kappa shape index (κ2) is 5.50. The van der Waals surface area contributed by atoms with Gasteiger partial charge in [0.15, 0.2) is 5.78 Å². The fourth-order valence-corrected chi connectivity index (χ4v) is 2.23. The summed E-state index contributed by atoms with van der Waals surface area (Å²) in [4.78, 5) is 12.5. The van der Waals surface area contributed by atoms with Crippen LogP contribution in [0, 0.1) is 0 Å². The van der Waals surface area contributed by atoms with Gasteiger partial charge in [-0.05, 0) is 24.3 Å². The zero-order valence-corrected chi connectivity index (χ0v) is 10.8. The van der Waals surface area contributed by atoms with Gasteiger partial charge in [-0.1, -0.05) is 0 Å². The maximum atomic E-state index is 12.5. The van der Waals surface area contributed by atoms with Crippen molar-refractivity contribution in [2.75, 3.05) is 27.4 Å². The molecule has 1 heterocycles. The molecule has 1 aliphatic heterocycles. The van der Waals surface area contributed by atoms with Gasteiger partial charge in [0.05, 0.1) is 7.11 Å². The van der Waals surface area contributed by atoms with Crippen molar-refractivity contribution >= 4 is 5.78 Å². The number of carbonyl (C=O) groups is 1. The predicted octanol–water partition coefficient (Wildman–Crippen LogP) is 2.07. The Hall–Kier alpha value is -1.39. The summed E-state index contributed by atoms with van der Waals surface area (Å²) in [5, 5.41) is 0. The normalized spacial score (nSPS) is 18.3. The van der Waals surface area contributed by atoms with Gasteiger partial charge >= 0.3 is 0 Å². The molecule has 1 aromatic carbocycles. The van der Waals surface area contributed by atoms with Crippen LogP contribution in [0.5, 0.6) is 5.75 Å². The molecule has 0 bridgehead atoms. The minimum Gasteiger partial charge on any atom is -0.497 e. The number of hydrogen-bond acceptors (Lipinski definition) is 4. The molecule has 4 heteroatoms. The van der Waals surface area contributed by atoms with E-state index in [1.165, 1.54) is 0 Å². The highest BCUT2D eigenvalue weighted by Gasteiger charge is 2.40. The molecule has 0 amide bonds. The van der Waals surface area contributed by atoms with Crippen molar-refractivity contribution in [3.8, 4) is 5.75 Å². The summed E-state index contributed by atoms with van der Waals surface area (Å²) in [5.74, 6) is 0.765. The summed E-state index contributed by atoms with van der Waals surface area (Å²) in [6, 6.07) is 7.13. The van der Waals surface area contributed by atoms with Gasteiger partial charge in [0.1, 0.15) is 11.4 Å². The van der Waals surface area contributed by atoms with Crippen molar-refractivity contribution in [2.45, 2.75) is 18.4 Å². The van der Waals surface area contributed by atoms with Crippen molar-refractivity contribution in [2.24, 2.45) is 0 Å². The number of ether oxygens (including phenoxy) is 3. The van der Waals surface area contributed by atoms with Gasteiger partial charge in [0.2, 0.25) is 0 Å². The Kier molecular flexibility index (Phi) is 3.99. The molecular weight excluding hydrogens is 232 g/mol. The zero-order chi connectivity index (χ0) is 13.0. The van der Waals surface area contributed by atoms with Crippen LogP contribution in [0.4, 0.5) is 0 Å². The molecule has 0 N–H and O–H groups in total. The van der Waals surface area contributed by atoms with E-state index >= 15 is 0 Å². The van der Waals surface area contributed by atoms with E-state index in [9.17, 15) is 4.79 Å². The fraction of sp³-hybridized carbons (Fsp3) is 0.500. The van der Waals surface area contributed by atoms with Crippen molar-refractivity contribution in [3.63, 3.8) is 0 Å². The number of hydrogen-bond donors (Lipinski definition) is 0. The maximum Gasteiger partial charge on any atom is 0.194 e. The lowest BCUT2D eigenvalue weighted by atomic mass is 9.85. The SMILES string of the molecule is COc1ccc(C(=O)C2(OC)CCOCC2)cc1. The second-order valence-electron chi connectivity index (χ2n) is 4.37. The highest BCUT2D eigenvalue weighted by atomic mass is 16.5. The second-order valence-corrected chi connectivity index (χ2v) is 4.37. The van der Waals surface area contributed by atoms with E-state index in [1.54, 1.807) is 38.5 Å². The van der Waals surface area contributed by atoms with E-state index in [2.05, 4.69) is 0 Å². The molecule has 1 aromatic rings. The highest BCUT2D eigenvalue weighted by molar-refractivity contribution is 6.02. The van der Waals surface area contributed by atoms with Crippen LogP contribution in [0.25, 0.3) is 0 Å². The predicted molar refractivity (Wildman–Crippen MR) is 67.1 cm³/mol. The van der Waals surface area contributed by atoms with Gasteiger partial charge in [0.25, 0.3) is 0 Å². The van der Waals surface area contributed by atoms with Gasteiger partial charge in [-0.3, -0.25) is 4.79 Å².